The van der Waals surface area contributed by atoms with Gasteiger partial charge in [0.05, 0.1) is 11.3 Å². The topological polar surface area (TPSA) is 122 Å². The van der Waals surface area contributed by atoms with E-state index in [1.807, 2.05) is 0 Å². The van der Waals surface area contributed by atoms with Crippen LogP contribution in [0.25, 0.3) is 0 Å². The van der Waals surface area contributed by atoms with Crippen molar-refractivity contribution in [2.75, 3.05) is 12.4 Å². The Morgan fingerprint density at radius 1 is 1.38 bits per heavy atom. The van der Waals surface area contributed by atoms with Gasteiger partial charge in [-0.3, -0.25) is 19.7 Å². The van der Waals surface area contributed by atoms with E-state index < -0.39 is 16.4 Å². The lowest BCUT2D eigenvalue weighted by atomic mass is 9.99. The number of carboxylic acid groups (broad SMARTS) is 1. The molecule has 0 saturated carbocycles. The van der Waals surface area contributed by atoms with Gasteiger partial charge in [-0.15, -0.1) is 0 Å². The van der Waals surface area contributed by atoms with Crippen molar-refractivity contribution in [2.45, 2.75) is 25.8 Å². The fourth-order valence-corrected chi connectivity index (χ4v) is 1.87. The number of nitrogens with zero attached hydrogens (tertiary/aromatic N) is 1. The Morgan fingerprint density at radius 3 is 2.48 bits per heavy atom. The van der Waals surface area contributed by atoms with Crippen LogP contribution in [0.1, 0.15) is 30.6 Å². The van der Waals surface area contributed by atoms with Gasteiger partial charge in [-0.1, -0.05) is 0 Å². The number of carbonyl (C=O) groups is 2. The Morgan fingerprint density at radius 2 is 2.00 bits per heavy atom. The fraction of sp³-hybridized carbons (Fsp3) is 0.385. The van der Waals surface area contributed by atoms with Gasteiger partial charge in [0.15, 0.2) is 0 Å². The van der Waals surface area contributed by atoms with Crippen LogP contribution in [0.3, 0.4) is 0 Å². The van der Waals surface area contributed by atoms with Crippen molar-refractivity contribution in [3.8, 4) is 0 Å². The number of anilines is 1. The number of nitro groups is 1. The maximum atomic E-state index is 11.6. The van der Waals surface area contributed by atoms with Crippen LogP contribution in [-0.2, 0) is 4.79 Å². The van der Waals surface area contributed by atoms with Crippen molar-refractivity contribution in [3.63, 3.8) is 0 Å². The second-order valence-electron chi connectivity index (χ2n) is 5.15. The van der Waals surface area contributed by atoms with Gasteiger partial charge in [-0.05, 0) is 26.0 Å². The number of rotatable bonds is 6. The van der Waals surface area contributed by atoms with E-state index in [1.54, 1.807) is 13.8 Å². The van der Waals surface area contributed by atoms with Crippen LogP contribution in [0.2, 0.25) is 0 Å². The molecule has 0 aliphatic carbocycles. The van der Waals surface area contributed by atoms with Crippen molar-refractivity contribution in [1.82, 2.24) is 5.32 Å². The number of nitrogens with one attached hydrogen (secondary N) is 2. The van der Waals surface area contributed by atoms with E-state index >= 15 is 0 Å². The number of carboxylic acids is 1. The first-order valence-corrected chi connectivity index (χ1v) is 6.17. The molecule has 0 heterocycles. The van der Waals surface area contributed by atoms with E-state index in [9.17, 15) is 19.7 Å². The van der Waals surface area contributed by atoms with E-state index in [0.717, 1.165) is 0 Å². The summed E-state index contributed by atoms with van der Waals surface area (Å²) in [6, 6.07) is 3.89. The van der Waals surface area contributed by atoms with Gasteiger partial charge in [0.1, 0.15) is 5.69 Å². The summed E-state index contributed by atoms with van der Waals surface area (Å²) in [5.74, 6) is -1.42. The number of hydrogen-bond donors (Lipinski definition) is 3. The number of hydrogen-bond acceptors (Lipinski definition) is 5. The van der Waals surface area contributed by atoms with E-state index in [1.165, 1.54) is 25.2 Å². The van der Waals surface area contributed by atoms with Gasteiger partial charge in [-0.2, -0.15) is 0 Å². The summed E-state index contributed by atoms with van der Waals surface area (Å²) in [4.78, 5) is 32.8. The molecule has 0 fully saturated rings. The Hall–Kier alpha value is -2.64. The molecule has 1 aromatic carbocycles. The van der Waals surface area contributed by atoms with Crippen molar-refractivity contribution < 1.29 is 19.6 Å². The highest BCUT2D eigenvalue weighted by Gasteiger charge is 2.26. The molecule has 8 heteroatoms. The van der Waals surface area contributed by atoms with Crippen molar-refractivity contribution in [3.05, 3.63) is 33.9 Å². The molecule has 3 N–H and O–H groups in total. The molecule has 21 heavy (non-hydrogen) atoms. The Balaban J connectivity index is 3.20. The maximum Gasteiger partial charge on any atom is 0.305 e. The lowest BCUT2D eigenvalue weighted by molar-refractivity contribution is -0.384. The molecule has 0 saturated heterocycles. The van der Waals surface area contributed by atoms with Gasteiger partial charge in [0, 0.05) is 24.2 Å². The van der Waals surface area contributed by atoms with E-state index in [2.05, 4.69) is 10.6 Å². The number of carbonyl (C=O) groups excluding carboxylic acids is 1. The molecule has 1 rings (SSSR count). The van der Waals surface area contributed by atoms with E-state index in [4.69, 9.17) is 5.11 Å². The second kappa shape index (κ2) is 6.21. The first kappa shape index (κ1) is 16.4. The normalized spacial score (nSPS) is 10.8. The molecular weight excluding hydrogens is 278 g/mol. The third-order valence-electron chi connectivity index (χ3n) is 2.75. The highest BCUT2D eigenvalue weighted by Crippen LogP contribution is 2.29. The third-order valence-corrected chi connectivity index (χ3v) is 2.75. The van der Waals surface area contributed by atoms with Crippen LogP contribution in [0.15, 0.2) is 18.2 Å². The molecule has 8 nitrogen and oxygen atoms in total. The quantitative estimate of drug-likeness (QED) is 0.541. The van der Waals surface area contributed by atoms with Gasteiger partial charge in [-0.25, -0.2) is 0 Å². The predicted molar refractivity (Wildman–Crippen MR) is 76.4 cm³/mol. The first-order chi connectivity index (χ1) is 9.66. The minimum atomic E-state index is -1.03. The first-order valence-electron chi connectivity index (χ1n) is 6.17. The van der Waals surface area contributed by atoms with Gasteiger partial charge in [0.2, 0.25) is 0 Å². The maximum absolute atomic E-state index is 11.6. The average Bonchev–Trinajstić information content (AvgIpc) is 2.35. The van der Waals surface area contributed by atoms with Crippen LogP contribution in [-0.4, -0.2) is 34.5 Å². The zero-order valence-electron chi connectivity index (χ0n) is 12.0. The smallest absolute Gasteiger partial charge is 0.305 e. The molecule has 0 bridgehead atoms. The number of amides is 1. The summed E-state index contributed by atoms with van der Waals surface area (Å²) in [5, 5.41) is 25.1. The summed E-state index contributed by atoms with van der Waals surface area (Å²) in [5.41, 5.74) is -0.775. The summed E-state index contributed by atoms with van der Waals surface area (Å²) < 4.78 is 0. The van der Waals surface area contributed by atoms with E-state index in [0.29, 0.717) is 0 Å². The highest BCUT2D eigenvalue weighted by molar-refractivity contribution is 5.95. The standard InChI is InChI=1S/C13H17N3O5/c1-13(2,7-11(17)18)15-9-6-8(12(19)14-3)4-5-10(9)16(20)21/h4-6,15H,7H2,1-3H3,(H,14,19)(H,17,18). The van der Waals surface area contributed by atoms with Gasteiger partial charge < -0.3 is 15.7 Å². The molecule has 1 aromatic rings. The number of aliphatic carboxylic acids is 1. The molecule has 0 radical (unpaired) electrons. The molecule has 0 unspecified atom stereocenters. The molecule has 1 amide bonds. The molecule has 0 aliphatic rings. The molecular formula is C13H17N3O5. The zero-order chi connectivity index (χ0) is 16.2. The molecule has 0 spiro atoms. The monoisotopic (exact) mass is 295 g/mol. The van der Waals surface area contributed by atoms with Crippen LogP contribution in [0.5, 0.6) is 0 Å². The average molecular weight is 295 g/mol. The molecule has 114 valence electrons. The largest absolute Gasteiger partial charge is 0.481 e. The van der Waals surface area contributed by atoms with Crippen LogP contribution in [0.4, 0.5) is 11.4 Å². The van der Waals surface area contributed by atoms with Crippen molar-refractivity contribution in [2.24, 2.45) is 0 Å². The SMILES string of the molecule is CNC(=O)c1ccc([N+](=O)[O-])c(NC(C)(C)CC(=O)O)c1. The van der Waals surface area contributed by atoms with Crippen LogP contribution in [0, 0.1) is 10.1 Å². The summed E-state index contributed by atoms with van der Waals surface area (Å²) in [7, 11) is 1.45. The summed E-state index contributed by atoms with van der Waals surface area (Å²) in [6.45, 7) is 3.22. The minimum Gasteiger partial charge on any atom is -0.481 e. The van der Waals surface area contributed by atoms with Gasteiger partial charge >= 0.3 is 5.97 Å². The fourth-order valence-electron chi connectivity index (χ4n) is 1.87. The molecule has 0 atom stereocenters. The third kappa shape index (κ3) is 4.44. The Kier molecular flexibility index (Phi) is 4.85. The lowest BCUT2D eigenvalue weighted by Crippen LogP contribution is -2.34. The second-order valence-corrected chi connectivity index (χ2v) is 5.15. The van der Waals surface area contributed by atoms with Crippen LogP contribution >= 0.6 is 0 Å². The predicted octanol–water partition coefficient (Wildman–Crippen LogP) is 1.62. The van der Waals surface area contributed by atoms with Crippen LogP contribution < -0.4 is 10.6 Å². The highest BCUT2D eigenvalue weighted by atomic mass is 16.6. The Labute approximate surface area is 121 Å². The molecule has 0 aromatic heterocycles. The minimum absolute atomic E-state index is 0.104. The van der Waals surface area contributed by atoms with E-state index in [-0.39, 0.29) is 29.3 Å². The van der Waals surface area contributed by atoms with Crippen molar-refractivity contribution in [1.29, 1.82) is 0 Å². The Bertz CT molecular complexity index is 583. The zero-order valence-corrected chi connectivity index (χ0v) is 12.0. The number of nitro benzene ring substituents is 1. The number of benzene rings is 1. The lowest BCUT2D eigenvalue weighted by Gasteiger charge is -2.25. The summed E-state index contributed by atoms with van der Waals surface area (Å²) in [6.07, 6.45) is -0.228. The van der Waals surface area contributed by atoms with Gasteiger partial charge in [0.25, 0.3) is 11.6 Å². The summed E-state index contributed by atoms with van der Waals surface area (Å²) >= 11 is 0. The van der Waals surface area contributed by atoms with Crippen molar-refractivity contribution >= 4 is 23.3 Å². The molecule has 0 aliphatic heterocycles.